The first-order chi connectivity index (χ1) is 8.30. The highest BCUT2D eigenvalue weighted by atomic mass is 19.4. The smallest absolute Gasteiger partial charge is 0.406 e. The molecular formula is C12H12F3NO2. The second kappa shape index (κ2) is 4.28. The largest absolute Gasteiger partial charge is 0.573 e. The molecule has 1 aromatic carbocycles. The molecule has 0 atom stereocenters. The molecule has 0 spiro atoms. The van der Waals surface area contributed by atoms with Crippen LogP contribution in [-0.4, -0.2) is 17.7 Å². The fourth-order valence-electron chi connectivity index (χ4n) is 1.91. The van der Waals surface area contributed by atoms with Crippen LogP contribution in [0, 0.1) is 0 Å². The van der Waals surface area contributed by atoms with Gasteiger partial charge in [-0.3, -0.25) is 4.79 Å². The predicted molar refractivity (Wildman–Crippen MR) is 58.2 cm³/mol. The van der Waals surface area contributed by atoms with E-state index in [-0.39, 0.29) is 11.3 Å². The summed E-state index contributed by atoms with van der Waals surface area (Å²) in [5.74, 6) is -0.738. The Morgan fingerprint density at radius 1 is 1.33 bits per heavy atom. The summed E-state index contributed by atoms with van der Waals surface area (Å²) in [6.07, 6.45) is -2.77. The fraction of sp³-hybridized carbons (Fsp3) is 0.417. The minimum absolute atomic E-state index is 0.152. The molecule has 0 heterocycles. The molecule has 3 nitrogen and oxygen atoms in total. The van der Waals surface area contributed by atoms with E-state index in [1.807, 2.05) is 0 Å². The Balaban J connectivity index is 2.19. The quantitative estimate of drug-likeness (QED) is 0.849. The SMILES string of the molecule is NC1(C(=O)c2cccc(OC(F)(F)F)c2)CCC1. The molecule has 0 radical (unpaired) electrons. The molecule has 0 amide bonds. The lowest BCUT2D eigenvalue weighted by atomic mass is 9.73. The maximum Gasteiger partial charge on any atom is 0.573 e. The molecule has 2 N–H and O–H groups in total. The van der Waals surface area contributed by atoms with E-state index in [0.717, 1.165) is 18.6 Å². The van der Waals surface area contributed by atoms with Gasteiger partial charge in [0, 0.05) is 5.56 Å². The Hall–Kier alpha value is -1.56. The highest BCUT2D eigenvalue weighted by molar-refractivity contribution is 6.03. The molecule has 0 aromatic heterocycles. The number of halogens is 3. The monoisotopic (exact) mass is 259 g/mol. The van der Waals surface area contributed by atoms with Crippen LogP contribution >= 0.6 is 0 Å². The molecule has 98 valence electrons. The third kappa shape index (κ3) is 2.64. The van der Waals surface area contributed by atoms with Gasteiger partial charge < -0.3 is 10.5 Å². The lowest BCUT2D eigenvalue weighted by molar-refractivity contribution is -0.274. The first kappa shape index (κ1) is 12.9. The van der Waals surface area contributed by atoms with Crippen LogP contribution in [0.25, 0.3) is 0 Å². The molecule has 0 bridgehead atoms. The summed E-state index contributed by atoms with van der Waals surface area (Å²) >= 11 is 0. The van der Waals surface area contributed by atoms with Crippen molar-refractivity contribution in [2.24, 2.45) is 5.73 Å². The van der Waals surface area contributed by atoms with Crippen LogP contribution in [0.1, 0.15) is 29.6 Å². The number of alkyl halides is 3. The Bertz CT molecular complexity index is 467. The third-order valence-corrected chi connectivity index (χ3v) is 3.03. The van der Waals surface area contributed by atoms with Gasteiger partial charge in [-0.25, -0.2) is 0 Å². The van der Waals surface area contributed by atoms with E-state index in [9.17, 15) is 18.0 Å². The Morgan fingerprint density at radius 3 is 2.50 bits per heavy atom. The van der Waals surface area contributed by atoms with E-state index in [2.05, 4.69) is 4.74 Å². The van der Waals surface area contributed by atoms with Crippen molar-refractivity contribution in [3.63, 3.8) is 0 Å². The van der Waals surface area contributed by atoms with Gasteiger partial charge in [-0.2, -0.15) is 0 Å². The maximum atomic E-state index is 12.1. The number of nitrogens with two attached hydrogens (primary N) is 1. The Labute approximate surface area is 102 Å². The van der Waals surface area contributed by atoms with Crippen molar-refractivity contribution in [1.82, 2.24) is 0 Å². The van der Waals surface area contributed by atoms with Crippen LogP contribution in [0.5, 0.6) is 5.75 Å². The number of carbonyl (C=O) groups is 1. The van der Waals surface area contributed by atoms with Crippen molar-refractivity contribution >= 4 is 5.78 Å². The van der Waals surface area contributed by atoms with Gasteiger partial charge in [0.15, 0.2) is 5.78 Å². The van der Waals surface area contributed by atoms with Crippen LogP contribution in [-0.2, 0) is 0 Å². The molecule has 2 rings (SSSR count). The van der Waals surface area contributed by atoms with E-state index in [0.29, 0.717) is 12.8 Å². The first-order valence-electron chi connectivity index (χ1n) is 5.50. The molecular weight excluding hydrogens is 247 g/mol. The summed E-state index contributed by atoms with van der Waals surface area (Å²) in [4.78, 5) is 12.0. The molecule has 0 saturated heterocycles. The van der Waals surface area contributed by atoms with Crippen LogP contribution in [0.2, 0.25) is 0 Å². The topological polar surface area (TPSA) is 52.3 Å². The minimum Gasteiger partial charge on any atom is -0.406 e. The van der Waals surface area contributed by atoms with Gasteiger partial charge in [0.1, 0.15) is 5.75 Å². The maximum absolute atomic E-state index is 12.1. The summed E-state index contributed by atoms with van der Waals surface area (Å²) in [6.45, 7) is 0. The highest BCUT2D eigenvalue weighted by Gasteiger charge is 2.40. The lowest BCUT2D eigenvalue weighted by Crippen LogP contribution is -2.53. The van der Waals surface area contributed by atoms with E-state index >= 15 is 0 Å². The molecule has 1 fully saturated rings. The van der Waals surface area contributed by atoms with Crippen LogP contribution < -0.4 is 10.5 Å². The van der Waals surface area contributed by atoms with E-state index in [1.165, 1.54) is 12.1 Å². The van der Waals surface area contributed by atoms with Crippen molar-refractivity contribution < 1.29 is 22.7 Å². The number of rotatable bonds is 3. The van der Waals surface area contributed by atoms with Crippen molar-refractivity contribution in [1.29, 1.82) is 0 Å². The summed E-state index contributed by atoms with van der Waals surface area (Å²) in [7, 11) is 0. The summed E-state index contributed by atoms with van der Waals surface area (Å²) in [5, 5.41) is 0. The van der Waals surface area contributed by atoms with E-state index < -0.39 is 17.7 Å². The van der Waals surface area contributed by atoms with Gasteiger partial charge in [-0.1, -0.05) is 12.1 Å². The number of ether oxygens (including phenoxy) is 1. The molecule has 18 heavy (non-hydrogen) atoms. The zero-order chi connectivity index (χ0) is 13.4. The second-order valence-electron chi connectivity index (χ2n) is 4.41. The average molecular weight is 259 g/mol. The highest BCUT2D eigenvalue weighted by Crippen LogP contribution is 2.33. The van der Waals surface area contributed by atoms with Crippen molar-refractivity contribution in [2.75, 3.05) is 0 Å². The molecule has 1 aliphatic rings. The number of ketones is 1. The van der Waals surface area contributed by atoms with Gasteiger partial charge >= 0.3 is 6.36 Å². The second-order valence-corrected chi connectivity index (χ2v) is 4.41. The number of benzene rings is 1. The van der Waals surface area contributed by atoms with E-state index in [4.69, 9.17) is 5.73 Å². The lowest BCUT2D eigenvalue weighted by Gasteiger charge is -2.36. The normalized spacial score (nSPS) is 18.0. The minimum atomic E-state index is -4.77. The molecule has 1 aliphatic carbocycles. The van der Waals surface area contributed by atoms with Crippen molar-refractivity contribution in [3.05, 3.63) is 29.8 Å². The summed E-state index contributed by atoms with van der Waals surface area (Å²) < 4.78 is 39.9. The summed E-state index contributed by atoms with van der Waals surface area (Å²) in [6, 6.07) is 5.01. The van der Waals surface area contributed by atoms with Gasteiger partial charge in [-0.05, 0) is 31.4 Å². The molecule has 1 aromatic rings. The number of hydrogen-bond donors (Lipinski definition) is 1. The molecule has 6 heteroatoms. The Kier molecular flexibility index (Phi) is 3.06. The van der Waals surface area contributed by atoms with Crippen LogP contribution in [0.3, 0.4) is 0 Å². The third-order valence-electron chi connectivity index (χ3n) is 3.03. The van der Waals surface area contributed by atoms with Crippen molar-refractivity contribution in [3.8, 4) is 5.75 Å². The van der Waals surface area contributed by atoms with Gasteiger partial charge in [0.25, 0.3) is 0 Å². The molecule has 0 aliphatic heterocycles. The average Bonchev–Trinajstić information content (AvgIpc) is 2.23. The number of carbonyl (C=O) groups excluding carboxylic acids is 1. The first-order valence-corrected chi connectivity index (χ1v) is 5.50. The predicted octanol–water partition coefficient (Wildman–Crippen LogP) is 2.65. The van der Waals surface area contributed by atoms with Crippen LogP contribution in [0.4, 0.5) is 13.2 Å². The summed E-state index contributed by atoms with van der Waals surface area (Å²) in [5.41, 5.74) is 5.08. The van der Waals surface area contributed by atoms with Gasteiger partial charge in [0.05, 0.1) is 5.54 Å². The standard InChI is InChI=1S/C12H12F3NO2/c13-12(14,15)18-9-4-1-3-8(7-9)10(17)11(16)5-2-6-11/h1,3-4,7H,2,5-6,16H2. The zero-order valence-corrected chi connectivity index (χ0v) is 9.46. The van der Waals surface area contributed by atoms with Crippen molar-refractivity contribution in [2.45, 2.75) is 31.2 Å². The number of hydrogen-bond acceptors (Lipinski definition) is 3. The van der Waals surface area contributed by atoms with Gasteiger partial charge in [0.2, 0.25) is 0 Å². The van der Waals surface area contributed by atoms with E-state index in [1.54, 1.807) is 0 Å². The molecule has 0 unspecified atom stereocenters. The van der Waals surface area contributed by atoms with Crippen LogP contribution in [0.15, 0.2) is 24.3 Å². The molecule has 1 saturated carbocycles. The zero-order valence-electron chi connectivity index (χ0n) is 9.46. The number of Topliss-reactive ketones (excluding diaryl/α,β-unsaturated/α-hetero) is 1. The van der Waals surface area contributed by atoms with Gasteiger partial charge in [-0.15, -0.1) is 13.2 Å². The fourth-order valence-corrected chi connectivity index (χ4v) is 1.91. The Morgan fingerprint density at radius 2 is 2.00 bits per heavy atom.